The fraction of sp³-hybridized carbons (Fsp3) is 0.462. The Morgan fingerprint density at radius 1 is 1.18 bits per heavy atom. The summed E-state index contributed by atoms with van der Waals surface area (Å²) < 4.78 is 15.4. The van der Waals surface area contributed by atoms with E-state index in [1.165, 1.54) is 18.2 Å². The summed E-state index contributed by atoms with van der Waals surface area (Å²) in [6.07, 6.45) is 0. The molecule has 3 N–H and O–H groups in total. The van der Waals surface area contributed by atoms with Gasteiger partial charge in [0.25, 0.3) is 5.91 Å². The predicted molar refractivity (Wildman–Crippen MR) is 75.8 cm³/mol. The van der Waals surface area contributed by atoms with Crippen molar-refractivity contribution < 1.29 is 29.0 Å². The van der Waals surface area contributed by atoms with Crippen molar-refractivity contribution in [2.24, 2.45) is 5.73 Å². The Morgan fingerprint density at radius 3 is 2.41 bits per heavy atom. The van der Waals surface area contributed by atoms with Crippen molar-refractivity contribution in [2.75, 3.05) is 39.6 Å². The van der Waals surface area contributed by atoms with Gasteiger partial charge in [-0.3, -0.25) is 14.9 Å². The zero-order valence-electron chi connectivity index (χ0n) is 11.9. The highest BCUT2D eigenvalue weighted by Crippen LogP contribution is 2.30. The van der Waals surface area contributed by atoms with E-state index in [-0.39, 0.29) is 43.4 Å². The topological polar surface area (TPSA) is 134 Å². The molecule has 0 bridgehead atoms. The number of benzene rings is 1. The highest BCUT2D eigenvalue weighted by molar-refractivity contribution is 5.97. The van der Waals surface area contributed by atoms with E-state index in [1.54, 1.807) is 0 Å². The van der Waals surface area contributed by atoms with Crippen LogP contribution in [-0.2, 0) is 9.47 Å². The van der Waals surface area contributed by atoms with E-state index in [4.69, 9.17) is 25.1 Å². The molecule has 122 valence electrons. The lowest BCUT2D eigenvalue weighted by atomic mass is 10.1. The minimum atomic E-state index is -0.808. The Balaban J connectivity index is 2.50. The van der Waals surface area contributed by atoms with Crippen molar-refractivity contribution in [3.63, 3.8) is 0 Å². The molecule has 0 aliphatic rings. The van der Waals surface area contributed by atoms with Gasteiger partial charge in [-0.2, -0.15) is 0 Å². The summed E-state index contributed by atoms with van der Waals surface area (Å²) in [6, 6.07) is 3.94. The first-order valence-corrected chi connectivity index (χ1v) is 6.54. The maximum atomic E-state index is 11.3. The number of nitrogens with two attached hydrogens (primary N) is 1. The van der Waals surface area contributed by atoms with E-state index in [1.807, 2.05) is 0 Å². The zero-order chi connectivity index (χ0) is 16.4. The van der Waals surface area contributed by atoms with Crippen molar-refractivity contribution in [1.29, 1.82) is 0 Å². The summed E-state index contributed by atoms with van der Waals surface area (Å²) in [6.45, 7) is 0.966. The number of nitro groups is 1. The first-order valence-electron chi connectivity index (χ1n) is 6.54. The van der Waals surface area contributed by atoms with Gasteiger partial charge in [-0.05, 0) is 6.07 Å². The molecule has 1 rings (SSSR count). The molecule has 0 heterocycles. The third-order valence-corrected chi connectivity index (χ3v) is 2.54. The van der Waals surface area contributed by atoms with E-state index in [0.717, 1.165) is 0 Å². The van der Waals surface area contributed by atoms with Crippen LogP contribution in [0.15, 0.2) is 18.2 Å². The molecule has 0 aromatic heterocycles. The van der Waals surface area contributed by atoms with Gasteiger partial charge in [0.1, 0.15) is 6.61 Å². The van der Waals surface area contributed by atoms with Crippen LogP contribution in [0.4, 0.5) is 5.69 Å². The van der Waals surface area contributed by atoms with Crippen molar-refractivity contribution in [1.82, 2.24) is 0 Å². The van der Waals surface area contributed by atoms with Crippen LogP contribution in [0.1, 0.15) is 10.4 Å². The molecule has 0 fully saturated rings. The average Bonchev–Trinajstić information content (AvgIpc) is 2.49. The molecular formula is C13H18N2O7. The van der Waals surface area contributed by atoms with E-state index in [2.05, 4.69) is 0 Å². The maximum absolute atomic E-state index is 11.3. The highest BCUT2D eigenvalue weighted by Gasteiger charge is 2.21. The van der Waals surface area contributed by atoms with Crippen molar-refractivity contribution in [3.8, 4) is 5.75 Å². The number of aliphatic hydroxyl groups is 1. The number of carbonyl (C=O) groups excluding carboxylic acids is 1. The average molecular weight is 314 g/mol. The van der Waals surface area contributed by atoms with E-state index < -0.39 is 10.8 Å². The van der Waals surface area contributed by atoms with Gasteiger partial charge in [0, 0.05) is 6.07 Å². The lowest BCUT2D eigenvalue weighted by Gasteiger charge is -2.10. The van der Waals surface area contributed by atoms with Crippen LogP contribution in [0.25, 0.3) is 0 Å². The second kappa shape index (κ2) is 9.66. The molecule has 0 radical (unpaired) electrons. The van der Waals surface area contributed by atoms with Gasteiger partial charge in [-0.1, -0.05) is 6.07 Å². The zero-order valence-corrected chi connectivity index (χ0v) is 11.9. The van der Waals surface area contributed by atoms with Crippen LogP contribution in [0.3, 0.4) is 0 Å². The molecule has 0 saturated carbocycles. The summed E-state index contributed by atoms with van der Waals surface area (Å²) >= 11 is 0. The Bertz CT molecular complexity index is 475. The molecule has 0 aliphatic heterocycles. The molecule has 9 nitrogen and oxygen atoms in total. The second-order valence-corrected chi connectivity index (χ2v) is 4.07. The van der Waals surface area contributed by atoms with Gasteiger partial charge in [0.2, 0.25) is 5.75 Å². The largest absolute Gasteiger partial charge is 0.484 e. The Hall–Kier alpha value is -2.23. The number of carbonyl (C=O) groups is 1. The minimum absolute atomic E-state index is 0.0190. The molecule has 0 saturated heterocycles. The molecule has 22 heavy (non-hydrogen) atoms. The van der Waals surface area contributed by atoms with E-state index in [9.17, 15) is 14.9 Å². The summed E-state index contributed by atoms with van der Waals surface area (Å²) in [7, 11) is 0. The summed E-state index contributed by atoms with van der Waals surface area (Å²) in [5.74, 6) is -0.975. The molecular weight excluding hydrogens is 296 g/mol. The molecule has 1 aromatic rings. The third kappa shape index (κ3) is 5.64. The Morgan fingerprint density at radius 2 is 1.82 bits per heavy atom. The number of para-hydroxylation sites is 1. The number of nitrogens with zero attached hydrogens (tertiary/aromatic N) is 1. The van der Waals surface area contributed by atoms with Gasteiger partial charge >= 0.3 is 5.69 Å². The lowest BCUT2D eigenvalue weighted by molar-refractivity contribution is -0.385. The Kier molecular flexibility index (Phi) is 7.83. The van der Waals surface area contributed by atoms with Gasteiger partial charge < -0.3 is 25.1 Å². The van der Waals surface area contributed by atoms with Crippen LogP contribution in [0.5, 0.6) is 5.75 Å². The first kappa shape index (κ1) is 17.8. The summed E-state index contributed by atoms with van der Waals surface area (Å²) in [4.78, 5) is 21.6. The molecule has 1 aromatic carbocycles. The molecule has 0 spiro atoms. The quantitative estimate of drug-likeness (QED) is 0.336. The monoisotopic (exact) mass is 314 g/mol. The second-order valence-electron chi connectivity index (χ2n) is 4.07. The normalized spacial score (nSPS) is 10.4. The van der Waals surface area contributed by atoms with E-state index >= 15 is 0 Å². The molecule has 9 heteroatoms. The van der Waals surface area contributed by atoms with E-state index in [0.29, 0.717) is 13.2 Å². The number of nitro benzene ring substituents is 1. The van der Waals surface area contributed by atoms with Crippen molar-refractivity contribution in [3.05, 3.63) is 33.9 Å². The number of primary amides is 1. The van der Waals surface area contributed by atoms with Gasteiger partial charge in [0.05, 0.1) is 43.5 Å². The number of aliphatic hydroxyl groups excluding tert-OH is 1. The first-order chi connectivity index (χ1) is 10.6. The molecule has 0 atom stereocenters. The highest BCUT2D eigenvalue weighted by atomic mass is 16.6. The summed E-state index contributed by atoms with van der Waals surface area (Å²) in [5, 5.41) is 19.4. The number of amides is 1. The van der Waals surface area contributed by atoms with Crippen molar-refractivity contribution in [2.45, 2.75) is 0 Å². The van der Waals surface area contributed by atoms with Gasteiger partial charge in [0.15, 0.2) is 0 Å². The SMILES string of the molecule is NC(=O)c1cccc([N+](=O)[O-])c1OCCOCCOCCO. The molecule has 1 amide bonds. The molecule has 0 aliphatic carbocycles. The van der Waals surface area contributed by atoms with Gasteiger partial charge in [-0.25, -0.2) is 0 Å². The lowest BCUT2D eigenvalue weighted by Crippen LogP contribution is -2.16. The van der Waals surface area contributed by atoms with Crippen LogP contribution >= 0.6 is 0 Å². The third-order valence-electron chi connectivity index (χ3n) is 2.54. The maximum Gasteiger partial charge on any atom is 0.311 e. The van der Waals surface area contributed by atoms with Crippen LogP contribution in [-0.4, -0.2) is 55.6 Å². The minimum Gasteiger partial charge on any atom is -0.484 e. The molecule has 0 unspecified atom stereocenters. The van der Waals surface area contributed by atoms with Gasteiger partial charge in [-0.15, -0.1) is 0 Å². The number of hydrogen-bond acceptors (Lipinski definition) is 7. The fourth-order valence-electron chi connectivity index (χ4n) is 1.60. The van der Waals surface area contributed by atoms with Crippen LogP contribution < -0.4 is 10.5 Å². The van der Waals surface area contributed by atoms with Crippen molar-refractivity contribution >= 4 is 11.6 Å². The number of ether oxygens (including phenoxy) is 3. The standard InChI is InChI=1S/C13H18N2O7/c14-13(17)10-2-1-3-11(15(18)19)12(10)22-9-8-21-7-6-20-5-4-16/h1-3,16H,4-9H2,(H2,14,17). The Labute approximate surface area is 126 Å². The van der Waals surface area contributed by atoms with Crippen LogP contribution in [0.2, 0.25) is 0 Å². The fourth-order valence-corrected chi connectivity index (χ4v) is 1.60. The smallest absolute Gasteiger partial charge is 0.311 e. The number of rotatable bonds is 11. The van der Waals surface area contributed by atoms with Crippen LogP contribution in [0, 0.1) is 10.1 Å². The summed E-state index contributed by atoms with van der Waals surface area (Å²) in [5.41, 5.74) is 4.79. The predicted octanol–water partition coefficient (Wildman–Crippen LogP) is 0.0980. The number of hydrogen-bond donors (Lipinski definition) is 2.